The van der Waals surface area contributed by atoms with Gasteiger partial charge >= 0.3 is 5.97 Å². The van der Waals surface area contributed by atoms with Crippen molar-refractivity contribution in [1.29, 1.82) is 0 Å². The predicted octanol–water partition coefficient (Wildman–Crippen LogP) is -0.418. The molecular formula is C23H29N7O5. The summed E-state index contributed by atoms with van der Waals surface area (Å²) in [7, 11) is 0. The normalized spacial score (nSPS) is 14.5. The Morgan fingerprint density at radius 2 is 1.63 bits per heavy atom. The second-order valence-corrected chi connectivity index (χ2v) is 8.32. The average molecular weight is 484 g/mol. The first-order valence-electron chi connectivity index (χ1n) is 11.1. The quantitative estimate of drug-likeness (QED) is 0.192. The van der Waals surface area contributed by atoms with E-state index in [4.69, 9.17) is 5.73 Å². The Labute approximate surface area is 201 Å². The predicted molar refractivity (Wildman–Crippen MR) is 127 cm³/mol. The summed E-state index contributed by atoms with van der Waals surface area (Å²) in [4.78, 5) is 59.7. The largest absolute Gasteiger partial charge is 0.480 e. The number of imidazole rings is 1. The fourth-order valence-electron chi connectivity index (χ4n) is 3.51. The summed E-state index contributed by atoms with van der Waals surface area (Å²) in [6.07, 6.45) is 4.86. The number of nitrogens with two attached hydrogens (primary N) is 1. The van der Waals surface area contributed by atoms with Crippen molar-refractivity contribution in [2.75, 3.05) is 0 Å². The molecule has 0 spiro atoms. The van der Waals surface area contributed by atoms with Crippen LogP contribution in [0.2, 0.25) is 0 Å². The van der Waals surface area contributed by atoms with Gasteiger partial charge < -0.3 is 36.8 Å². The molecule has 2 heterocycles. The number of H-pyrrole nitrogens is 2. The molecule has 0 saturated heterocycles. The first-order valence-corrected chi connectivity index (χ1v) is 11.1. The highest BCUT2D eigenvalue weighted by atomic mass is 16.4. The van der Waals surface area contributed by atoms with Crippen molar-refractivity contribution in [3.05, 3.63) is 54.2 Å². The fraction of sp³-hybridized carbons (Fsp3) is 0.348. The summed E-state index contributed by atoms with van der Waals surface area (Å²) < 4.78 is 0. The molecule has 0 bridgehead atoms. The lowest BCUT2D eigenvalue weighted by Gasteiger charge is -2.24. The number of benzene rings is 1. The van der Waals surface area contributed by atoms with Gasteiger partial charge in [-0.05, 0) is 25.5 Å². The Morgan fingerprint density at radius 1 is 0.971 bits per heavy atom. The van der Waals surface area contributed by atoms with Crippen LogP contribution in [0.25, 0.3) is 10.9 Å². The van der Waals surface area contributed by atoms with E-state index in [2.05, 4.69) is 30.9 Å². The fourth-order valence-corrected chi connectivity index (χ4v) is 3.51. The number of hydrogen-bond donors (Lipinski definition) is 7. The molecule has 0 aliphatic carbocycles. The van der Waals surface area contributed by atoms with Crippen molar-refractivity contribution in [1.82, 2.24) is 30.9 Å². The lowest BCUT2D eigenvalue weighted by molar-refractivity contribution is -0.141. The van der Waals surface area contributed by atoms with Gasteiger partial charge in [0.15, 0.2) is 0 Å². The van der Waals surface area contributed by atoms with Crippen molar-refractivity contribution < 1.29 is 24.3 Å². The maximum atomic E-state index is 13.2. The van der Waals surface area contributed by atoms with Crippen molar-refractivity contribution in [2.24, 2.45) is 5.73 Å². The van der Waals surface area contributed by atoms with Crippen LogP contribution < -0.4 is 21.7 Å². The molecule has 0 aliphatic rings. The number of aliphatic carboxylic acids is 1. The molecule has 3 aromatic rings. The average Bonchev–Trinajstić information content (AvgIpc) is 3.48. The molecule has 0 radical (unpaired) electrons. The summed E-state index contributed by atoms with van der Waals surface area (Å²) in [5.41, 5.74) is 7.85. The summed E-state index contributed by atoms with van der Waals surface area (Å²) in [5, 5.41) is 17.7. The van der Waals surface area contributed by atoms with Crippen LogP contribution in [-0.4, -0.2) is 67.9 Å². The maximum Gasteiger partial charge on any atom is 0.325 e. The number of carbonyl (C=O) groups excluding carboxylic acids is 3. The van der Waals surface area contributed by atoms with Gasteiger partial charge in [0.25, 0.3) is 0 Å². The van der Waals surface area contributed by atoms with Crippen molar-refractivity contribution >= 4 is 34.6 Å². The zero-order valence-corrected chi connectivity index (χ0v) is 19.4. The molecule has 4 atom stereocenters. The number of hydrogen-bond acceptors (Lipinski definition) is 6. The zero-order valence-electron chi connectivity index (χ0n) is 19.4. The van der Waals surface area contributed by atoms with Gasteiger partial charge in [-0.25, -0.2) is 4.98 Å². The number of aromatic nitrogens is 3. The molecule has 3 rings (SSSR count). The van der Waals surface area contributed by atoms with Gasteiger partial charge in [-0.3, -0.25) is 19.2 Å². The molecule has 0 saturated carbocycles. The van der Waals surface area contributed by atoms with Gasteiger partial charge in [0.1, 0.15) is 18.1 Å². The highest BCUT2D eigenvalue weighted by molar-refractivity contribution is 5.94. The van der Waals surface area contributed by atoms with Crippen LogP contribution in [0.1, 0.15) is 25.1 Å². The molecule has 0 aliphatic heterocycles. The Kier molecular flexibility index (Phi) is 8.21. The monoisotopic (exact) mass is 483 g/mol. The Bertz CT molecular complexity index is 1190. The Balaban J connectivity index is 1.85. The number of nitrogens with zero attached hydrogens (tertiary/aromatic N) is 1. The molecule has 12 nitrogen and oxygen atoms in total. The maximum absolute atomic E-state index is 13.2. The third-order valence-corrected chi connectivity index (χ3v) is 5.49. The van der Waals surface area contributed by atoms with E-state index in [0.717, 1.165) is 16.5 Å². The number of nitrogens with one attached hydrogen (secondary N) is 5. The van der Waals surface area contributed by atoms with E-state index >= 15 is 0 Å². The molecule has 35 heavy (non-hydrogen) atoms. The van der Waals surface area contributed by atoms with E-state index in [9.17, 15) is 24.3 Å². The minimum Gasteiger partial charge on any atom is -0.480 e. The molecule has 0 fully saturated rings. The molecule has 1 aromatic carbocycles. The smallest absolute Gasteiger partial charge is 0.325 e. The zero-order chi connectivity index (χ0) is 25.5. The van der Waals surface area contributed by atoms with E-state index in [1.807, 2.05) is 24.3 Å². The summed E-state index contributed by atoms with van der Waals surface area (Å²) in [6, 6.07) is 3.29. The van der Waals surface area contributed by atoms with Crippen LogP contribution in [0, 0.1) is 0 Å². The minimum atomic E-state index is -1.21. The highest BCUT2D eigenvalue weighted by Crippen LogP contribution is 2.19. The number of amides is 3. The van der Waals surface area contributed by atoms with Crippen LogP contribution in [0.15, 0.2) is 43.0 Å². The SMILES string of the molecule is CC(N)C(=O)NC(Cc1cnc[nH]1)C(=O)NC(Cc1c[nH]c2ccccc12)C(=O)NC(C)C(=O)O. The van der Waals surface area contributed by atoms with Gasteiger partial charge in [-0.2, -0.15) is 0 Å². The van der Waals surface area contributed by atoms with Crippen LogP contribution in [0.5, 0.6) is 0 Å². The second-order valence-electron chi connectivity index (χ2n) is 8.32. The van der Waals surface area contributed by atoms with Crippen LogP contribution >= 0.6 is 0 Å². The standard InChI is InChI=1S/C23H29N7O5/c1-12(24)20(31)29-19(8-15-10-25-11-27-15)22(33)30-18(21(32)28-13(2)23(34)35)7-14-9-26-17-6-4-3-5-16(14)17/h3-6,9-13,18-19,26H,7-8,24H2,1-2H3,(H,25,27)(H,28,32)(H,29,31)(H,30,33)(H,34,35). The number of carboxylic acids is 1. The lowest BCUT2D eigenvalue weighted by atomic mass is 10.0. The molecule has 2 aromatic heterocycles. The second kappa shape index (κ2) is 11.3. The highest BCUT2D eigenvalue weighted by Gasteiger charge is 2.30. The van der Waals surface area contributed by atoms with Crippen molar-refractivity contribution in [3.8, 4) is 0 Å². The molecule has 186 valence electrons. The van der Waals surface area contributed by atoms with E-state index in [1.54, 1.807) is 6.20 Å². The van der Waals surface area contributed by atoms with E-state index in [-0.39, 0.29) is 12.8 Å². The van der Waals surface area contributed by atoms with Crippen molar-refractivity contribution in [2.45, 2.75) is 50.9 Å². The number of para-hydroxylation sites is 1. The van der Waals surface area contributed by atoms with Gasteiger partial charge in [0, 0.05) is 41.8 Å². The van der Waals surface area contributed by atoms with Gasteiger partial charge in [0.2, 0.25) is 17.7 Å². The molecule has 4 unspecified atom stereocenters. The number of rotatable bonds is 11. The third kappa shape index (κ3) is 6.67. The number of fused-ring (bicyclic) bond motifs is 1. The number of carboxylic acid groups (broad SMARTS) is 1. The van der Waals surface area contributed by atoms with Crippen LogP contribution in [-0.2, 0) is 32.0 Å². The summed E-state index contributed by atoms with van der Waals surface area (Å²) >= 11 is 0. The van der Waals surface area contributed by atoms with Crippen LogP contribution in [0.4, 0.5) is 0 Å². The van der Waals surface area contributed by atoms with E-state index in [1.165, 1.54) is 26.4 Å². The van der Waals surface area contributed by atoms with Gasteiger partial charge in [0.05, 0.1) is 12.4 Å². The van der Waals surface area contributed by atoms with E-state index < -0.39 is 47.9 Å². The molecule has 12 heteroatoms. The minimum absolute atomic E-state index is 0.0806. The Morgan fingerprint density at radius 3 is 2.29 bits per heavy atom. The van der Waals surface area contributed by atoms with Gasteiger partial charge in [-0.15, -0.1) is 0 Å². The first kappa shape index (κ1) is 25.4. The van der Waals surface area contributed by atoms with Crippen molar-refractivity contribution in [3.63, 3.8) is 0 Å². The van der Waals surface area contributed by atoms with E-state index in [0.29, 0.717) is 5.69 Å². The van der Waals surface area contributed by atoms with Crippen LogP contribution in [0.3, 0.4) is 0 Å². The Hall–Kier alpha value is -4.19. The lowest BCUT2D eigenvalue weighted by Crippen LogP contribution is -2.57. The molecular weight excluding hydrogens is 454 g/mol. The first-order chi connectivity index (χ1) is 16.7. The molecule has 3 amide bonds. The number of aromatic amines is 2. The molecule has 8 N–H and O–H groups in total. The summed E-state index contributed by atoms with van der Waals surface area (Å²) in [6.45, 7) is 2.82. The topological polar surface area (TPSA) is 195 Å². The summed E-state index contributed by atoms with van der Waals surface area (Å²) in [5.74, 6) is -3.05. The third-order valence-electron chi connectivity index (χ3n) is 5.49. The number of carbonyl (C=O) groups is 4. The van der Waals surface area contributed by atoms with Gasteiger partial charge in [-0.1, -0.05) is 18.2 Å².